The Labute approximate surface area is 60.0 Å². The minimum Gasteiger partial charge on any atom is -0.362 e. The van der Waals surface area contributed by atoms with Crippen molar-refractivity contribution in [2.45, 2.75) is 6.10 Å². The maximum absolute atomic E-state index is 10.2. The maximum Gasteiger partial charge on any atom is 0.209 e. The van der Waals surface area contributed by atoms with Crippen molar-refractivity contribution in [3.8, 4) is 12.3 Å². The van der Waals surface area contributed by atoms with Crippen LogP contribution in [0.1, 0.15) is 0 Å². The second kappa shape index (κ2) is 3.23. The number of carbonyl (C=O) groups excluding carboxylic acids is 1. The highest BCUT2D eigenvalue weighted by atomic mass is 16.5. The van der Waals surface area contributed by atoms with E-state index in [1.165, 1.54) is 0 Å². The number of ether oxygens (including phenoxy) is 1. The van der Waals surface area contributed by atoms with E-state index in [0.29, 0.717) is 19.7 Å². The van der Waals surface area contributed by atoms with Gasteiger partial charge in [0.1, 0.15) is 6.10 Å². The molecule has 1 fully saturated rings. The van der Waals surface area contributed by atoms with Gasteiger partial charge in [-0.25, -0.2) is 0 Å². The summed E-state index contributed by atoms with van der Waals surface area (Å²) in [5.41, 5.74) is 0. The Hall–Kier alpha value is -1.01. The van der Waals surface area contributed by atoms with Crippen molar-refractivity contribution >= 4 is 6.41 Å². The summed E-state index contributed by atoms with van der Waals surface area (Å²) in [5.74, 6) is 2.45. The molecule has 0 aromatic heterocycles. The molecule has 0 saturated carbocycles. The van der Waals surface area contributed by atoms with Gasteiger partial charge in [-0.1, -0.05) is 5.92 Å². The van der Waals surface area contributed by atoms with Gasteiger partial charge in [0, 0.05) is 6.54 Å². The fourth-order valence-corrected chi connectivity index (χ4v) is 0.866. The monoisotopic (exact) mass is 139 g/mol. The third-order valence-corrected chi connectivity index (χ3v) is 1.43. The molecule has 0 spiro atoms. The molecule has 3 nitrogen and oxygen atoms in total. The van der Waals surface area contributed by atoms with Gasteiger partial charge in [-0.15, -0.1) is 6.42 Å². The third kappa shape index (κ3) is 1.49. The summed E-state index contributed by atoms with van der Waals surface area (Å²) in [5, 5.41) is 0. The third-order valence-electron chi connectivity index (χ3n) is 1.43. The Morgan fingerprint density at radius 2 is 2.60 bits per heavy atom. The van der Waals surface area contributed by atoms with Crippen LogP contribution in [0.25, 0.3) is 0 Å². The number of morpholine rings is 1. The van der Waals surface area contributed by atoms with E-state index in [2.05, 4.69) is 5.92 Å². The van der Waals surface area contributed by atoms with Crippen LogP contribution in [0.5, 0.6) is 0 Å². The molecule has 1 aliphatic rings. The predicted octanol–water partition coefficient (Wildman–Crippen LogP) is -0.523. The van der Waals surface area contributed by atoms with Crippen molar-refractivity contribution in [1.29, 1.82) is 0 Å². The van der Waals surface area contributed by atoms with Crippen LogP contribution < -0.4 is 0 Å². The number of hydrogen-bond donors (Lipinski definition) is 0. The molecular weight excluding hydrogens is 130 g/mol. The SMILES string of the molecule is C#C[C@@H]1CN(C=O)CCO1. The molecule has 0 aliphatic carbocycles. The zero-order valence-corrected chi connectivity index (χ0v) is 5.62. The molecule has 0 aromatic carbocycles. The first-order chi connectivity index (χ1) is 4.86. The molecule has 3 heteroatoms. The topological polar surface area (TPSA) is 29.5 Å². The first-order valence-corrected chi connectivity index (χ1v) is 3.14. The van der Waals surface area contributed by atoms with E-state index in [-0.39, 0.29) is 6.10 Å². The second-order valence-electron chi connectivity index (χ2n) is 2.13. The van der Waals surface area contributed by atoms with E-state index >= 15 is 0 Å². The van der Waals surface area contributed by atoms with Gasteiger partial charge in [-0.2, -0.15) is 0 Å². The lowest BCUT2D eigenvalue weighted by Crippen LogP contribution is -2.40. The summed E-state index contributed by atoms with van der Waals surface area (Å²) >= 11 is 0. The highest BCUT2D eigenvalue weighted by Gasteiger charge is 2.15. The number of amides is 1. The van der Waals surface area contributed by atoms with Gasteiger partial charge in [-0.05, 0) is 0 Å². The molecule has 1 saturated heterocycles. The molecule has 0 radical (unpaired) electrons. The van der Waals surface area contributed by atoms with Crippen LogP contribution in [0.2, 0.25) is 0 Å². The minimum absolute atomic E-state index is 0.209. The molecule has 1 heterocycles. The minimum atomic E-state index is -0.209. The molecule has 0 unspecified atom stereocenters. The molecule has 0 bridgehead atoms. The van der Waals surface area contributed by atoms with Crippen molar-refractivity contribution < 1.29 is 9.53 Å². The van der Waals surface area contributed by atoms with Crippen LogP contribution in [-0.2, 0) is 9.53 Å². The average Bonchev–Trinajstić information content (AvgIpc) is 2.05. The Bertz CT molecular complexity index is 161. The van der Waals surface area contributed by atoms with Gasteiger partial charge in [0.05, 0.1) is 13.2 Å². The lowest BCUT2D eigenvalue weighted by Gasteiger charge is -2.26. The van der Waals surface area contributed by atoms with E-state index in [9.17, 15) is 4.79 Å². The van der Waals surface area contributed by atoms with Gasteiger partial charge < -0.3 is 9.64 Å². The maximum atomic E-state index is 10.2. The normalized spacial score (nSPS) is 25.5. The first kappa shape index (κ1) is 7.10. The van der Waals surface area contributed by atoms with E-state index in [0.717, 1.165) is 6.41 Å². The van der Waals surface area contributed by atoms with Crippen molar-refractivity contribution in [1.82, 2.24) is 4.90 Å². The van der Waals surface area contributed by atoms with Gasteiger partial charge in [0.15, 0.2) is 0 Å². The van der Waals surface area contributed by atoms with Gasteiger partial charge in [-0.3, -0.25) is 4.79 Å². The predicted molar refractivity (Wildman–Crippen MR) is 36.2 cm³/mol. The van der Waals surface area contributed by atoms with Crippen LogP contribution in [0, 0.1) is 12.3 Å². The number of terminal acetylenes is 1. The van der Waals surface area contributed by atoms with Crippen LogP contribution in [0.15, 0.2) is 0 Å². The Balaban J connectivity index is 2.40. The molecular formula is C7H9NO2. The van der Waals surface area contributed by atoms with E-state index < -0.39 is 0 Å². The summed E-state index contributed by atoms with van der Waals surface area (Å²) in [6.07, 6.45) is 5.69. The average molecular weight is 139 g/mol. The Morgan fingerprint density at radius 3 is 3.20 bits per heavy atom. The molecule has 1 aliphatic heterocycles. The van der Waals surface area contributed by atoms with Crippen LogP contribution in [-0.4, -0.2) is 37.1 Å². The van der Waals surface area contributed by atoms with Crippen molar-refractivity contribution in [2.24, 2.45) is 0 Å². The first-order valence-electron chi connectivity index (χ1n) is 3.14. The molecule has 1 rings (SSSR count). The number of hydrogen-bond acceptors (Lipinski definition) is 2. The summed E-state index contributed by atoms with van der Waals surface area (Å²) < 4.78 is 5.12. The highest BCUT2D eigenvalue weighted by molar-refractivity contribution is 5.47. The van der Waals surface area contributed by atoms with Crippen LogP contribution in [0.4, 0.5) is 0 Å². The van der Waals surface area contributed by atoms with Gasteiger partial charge in [0.2, 0.25) is 6.41 Å². The standard InChI is InChI=1S/C7H9NO2/c1-2-7-5-8(6-9)3-4-10-7/h1,6-7H,3-5H2/t7-/m1/s1. The Morgan fingerprint density at radius 1 is 1.80 bits per heavy atom. The lowest BCUT2D eigenvalue weighted by molar-refractivity contribution is -0.123. The van der Waals surface area contributed by atoms with Crippen LogP contribution >= 0.6 is 0 Å². The smallest absolute Gasteiger partial charge is 0.209 e. The molecule has 0 N–H and O–H groups in total. The fourth-order valence-electron chi connectivity index (χ4n) is 0.866. The zero-order chi connectivity index (χ0) is 7.40. The molecule has 10 heavy (non-hydrogen) atoms. The zero-order valence-electron chi connectivity index (χ0n) is 5.62. The summed E-state index contributed by atoms with van der Waals surface area (Å²) in [4.78, 5) is 11.8. The van der Waals surface area contributed by atoms with Crippen molar-refractivity contribution in [2.75, 3.05) is 19.7 Å². The Kier molecular flexibility index (Phi) is 2.30. The second-order valence-corrected chi connectivity index (χ2v) is 2.13. The quantitative estimate of drug-likeness (QED) is 0.361. The molecule has 54 valence electrons. The summed E-state index contributed by atoms with van der Waals surface area (Å²) in [6.45, 7) is 1.73. The summed E-state index contributed by atoms with van der Waals surface area (Å²) in [6, 6.07) is 0. The molecule has 1 amide bonds. The molecule has 0 aromatic rings. The van der Waals surface area contributed by atoms with Gasteiger partial charge >= 0.3 is 0 Å². The van der Waals surface area contributed by atoms with Crippen molar-refractivity contribution in [3.63, 3.8) is 0 Å². The largest absolute Gasteiger partial charge is 0.362 e. The number of rotatable bonds is 1. The highest BCUT2D eigenvalue weighted by Crippen LogP contribution is 2.00. The van der Waals surface area contributed by atoms with Crippen molar-refractivity contribution in [3.05, 3.63) is 0 Å². The van der Waals surface area contributed by atoms with E-state index in [1.807, 2.05) is 0 Å². The van der Waals surface area contributed by atoms with E-state index in [1.54, 1.807) is 4.90 Å². The molecule has 1 atom stereocenters. The summed E-state index contributed by atoms with van der Waals surface area (Å²) in [7, 11) is 0. The number of nitrogens with zero attached hydrogens (tertiary/aromatic N) is 1. The number of carbonyl (C=O) groups is 1. The van der Waals surface area contributed by atoms with Gasteiger partial charge in [0.25, 0.3) is 0 Å². The van der Waals surface area contributed by atoms with Crippen LogP contribution in [0.3, 0.4) is 0 Å². The van der Waals surface area contributed by atoms with E-state index in [4.69, 9.17) is 11.2 Å². The fraction of sp³-hybridized carbons (Fsp3) is 0.571. The lowest BCUT2D eigenvalue weighted by atomic mass is 10.3.